The first-order chi connectivity index (χ1) is 13.1. The normalized spacial score (nSPS) is 18.4. The van der Waals surface area contributed by atoms with Crippen molar-refractivity contribution >= 4 is 39.3 Å². The Morgan fingerprint density at radius 2 is 2.04 bits per heavy atom. The highest BCUT2D eigenvalue weighted by Crippen LogP contribution is 2.24. The van der Waals surface area contributed by atoms with Gasteiger partial charge in [0.2, 0.25) is 5.78 Å². The molecule has 1 aromatic carbocycles. The summed E-state index contributed by atoms with van der Waals surface area (Å²) in [7, 11) is 0. The number of aliphatic imine (C=N–C) groups is 1. The molecule has 1 heterocycles. The number of halogens is 2. The van der Waals surface area contributed by atoms with E-state index in [1.807, 2.05) is 20.8 Å². The lowest BCUT2D eigenvalue weighted by Crippen LogP contribution is -2.40. The van der Waals surface area contributed by atoms with Gasteiger partial charge in [0.25, 0.3) is 0 Å². The number of hydrogen-bond acceptors (Lipinski definition) is 5. The number of ether oxygens (including phenoxy) is 1. The van der Waals surface area contributed by atoms with E-state index in [9.17, 15) is 14.0 Å². The first kappa shape index (κ1) is 22.3. The van der Waals surface area contributed by atoms with Crippen molar-refractivity contribution in [3.63, 3.8) is 0 Å². The topological polar surface area (TPSA) is 97.0 Å². The van der Waals surface area contributed by atoms with E-state index in [2.05, 4.69) is 26.3 Å². The van der Waals surface area contributed by atoms with Gasteiger partial charge in [-0.2, -0.15) is 0 Å². The number of hydrazine groups is 1. The quantitative estimate of drug-likeness (QED) is 0.312. The van der Waals surface area contributed by atoms with Crippen molar-refractivity contribution in [3.05, 3.63) is 28.5 Å². The molecule has 0 spiro atoms. The summed E-state index contributed by atoms with van der Waals surface area (Å²) in [6.45, 7) is 6.41. The number of likely N-dealkylation sites (tertiary alicyclic amines) is 1. The van der Waals surface area contributed by atoms with E-state index in [0.29, 0.717) is 38.0 Å². The van der Waals surface area contributed by atoms with Crippen LogP contribution in [0.2, 0.25) is 0 Å². The maximum Gasteiger partial charge on any atom is 0.410 e. The minimum atomic E-state index is -0.564. The van der Waals surface area contributed by atoms with Gasteiger partial charge >= 0.3 is 6.09 Å². The second-order valence-corrected chi connectivity index (χ2v) is 8.52. The molecule has 1 atom stereocenters. The molecule has 1 aliphatic rings. The Labute approximate surface area is 172 Å². The smallest absolute Gasteiger partial charge is 0.410 e. The number of nitrogens with one attached hydrogen (secondary N) is 1. The summed E-state index contributed by atoms with van der Waals surface area (Å²) in [6, 6.07) is 4.19. The van der Waals surface area contributed by atoms with Gasteiger partial charge in [0, 0.05) is 19.0 Å². The van der Waals surface area contributed by atoms with E-state index >= 15 is 0 Å². The molecule has 0 radical (unpaired) electrons. The average Bonchev–Trinajstić information content (AvgIpc) is 2.87. The van der Waals surface area contributed by atoms with E-state index in [4.69, 9.17) is 10.6 Å². The molecule has 0 aromatic heterocycles. The van der Waals surface area contributed by atoms with E-state index in [0.717, 1.165) is 0 Å². The van der Waals surface area contributed by atoms with Crippen molar-refractivity contribution in [2.75, 3.05) is 13.1 Å². The van der Waals surface area contributed by atoms with Crippen molar-refractivity contribution in [2.45, 2.75) is 45.6 Å². The summed E-state index contributed by atoms with van der Waals surface area (Å²) in [6.07, 6.45) is 1.41. The molecule has 3 N–H and O–H groups in total. The van der Waals surface area contributed by atoms with Crippen LogP contribution in [0.15, 0.2) is 27.7 Å². The molecule has 0 bridgehead atoms. The highest BCUT2D eigenvalue weighted by atomic mass is 79.9. The number of amides is 1. The van der Waals surface area contributed by atoms with Crippen LogP contribution in [-0.2, 0) is 9.53 Å². The van der Waals surface area contributed by atoms with Crippen LogP contribution < -0.4 is 11.3 Å². The number of nitrogens with zero attached hydrogens (tertiary/aromatic N) is 2. The van der Waals surface area contributed by atoms with Crippen LogP contribution in [0, 0.1) is 11.7 Å². The zero-order chi connectivity index (χ0) is 20.9. The predicted octanol–water partition coefficient (Wildman–Crippen LogP) is 3.69. The maximum atomic E-state index is 13.4. The zero-order valence-electron chi connectivity index (χ0n) is 16.3. The van der Waals surface area contributed by atoms with Gasteiger partial charge in [-0.3, -0.25) is 4.79 Å². The minimum absolute atomic E-state index is 0.00854. The van der Waals surface area contributed by atoms with E-state index in [-0.39, 0.29) is 28.1 Å². The summed E-state index contributed by atoms with van der Waals surface area (Å²) >= 11 is 3.09. The summed E-state index contributed by atoms with van der Waals surface area (Å²) in [5, 5.41) is 0. The Balaban J connectivity index is 2.07. The molecule has 0 aliphatic carbocycles. The number of amidine groups is 1. The number of benzene rings is 1. The average molecular weight is 457 g/mol. The summed E-state index contributed by atoms with van der Waals surface area (Å²) in [4.78, 5) is 31.0. The summed E-state index contributed by atoms with van der Waals surface area (Å²) in [5.74, 6) is 4.56. The number of ketones is 1. The summed E-state index contributed by atoms with van der Waals surface area (Å²) < 4.78 is 19.0. The Morgan fingerprint density at radius 3 is 2.64 bits per heavy atom. The molecule has 1 aliphatic heterocycles. The van der Waals surface area contributed by atoms with Crippen LogP contribution in [0.3, 0.4) is 0 Å². The van der Waals surface area contributed by atoms with E-state index < -0.39 is 11.4 Å². The number of hydrogen-bond donors (Lipinski definition) is 2. The van der Waals surface area contributed by atoms with Crippen molar-refractivity contribution in [2.24, 2.45) is 16.8 Å². The lowest BCUT2D eigenvalue weighted by molar-refractivity contribution is -0.117. The van der Waals surface area contributed by atoms with Crippen LogP contribution in [-0.4, -0.2) is 41.3 Å². The van der Waals surface area contributed by atoms with Gasteiger partial charge in [-0.05, 0) is 74.2 Å². The molecule has 1 unspecified atom stereocenters. The second kappa shape index (κ2) is 9.47. The fourth-order valence-corrected chi connectivity index (χ4v) is 3.27. The molecule has 0 saturated carbocycles. The van der Waals surface area contributed by atoms with Gasteiger partial charge in [-0.1, -0.05) is 0 Å². The lowest BCUT2D eigenvalue weighted by atomic mass is 9.95. The van der Waals surface area contributed by atoms with Crippen LogP contribution in [0.25, 0.3) is 0 Å². The largest absolute Gasteiger partial charge is 0.444 e. The van der Waals surface area contributed by atoms with Crippen molar-refractivity contribution in [1.29, 1.82) is 0 Å². The maximum absolute atomic E-state index is 13.4. The fraction of sp³-hybridized carbons (Fsp3) is 0.526. The number of carbonyl (C=O) groups is 2. The van der Waals surface area contributed by atoms with Gasteiger partial charge in [-0.25, -0.2) is 20.0 Å². The van der Waals surface area contributed by atoms with Crippen molar-refractivity contribution in [3.8, 4) is 0 Å². The number of Topliss-reactive ketones (excluding diaryl/α,β-unsaturated/α-hetero) is 1. The van der Waals surface area contributed by atoms with Crippen LogP contribution in [0.4, 0.5) is 14.9 Å². The lowest BCUT2D eigenvalue weighted by Gasteiger charge is -2.26. The summed E-state index contributed by atoms with van der Waals surface area (Å²) in [5.41, 5.74) is 2.19. The van der Waals surface area contributed by atoms with E-state index in [1.165, 1.54) is 18.2 Å². The fourth-order valence-electron chi connectivity index (χ4n) is 2.90. The van der Waals surface area contributed by atoms with Crippen LogP contribution in [0.5, 0.6) is 0 Å². The van der Waals surface area contributed by atoms with Crippen molar-refractivity contribution in [1.82, 2.24) is 10.3 Å². The van der Waals surface area contributed by atoms with Gasteiger partial charge in [0.1, 0.15) is 11.4 Å². The third-order valence-corrected chi connectivity index (χ3v) is 4.87. The Bertz CT molecular complexity index is 764. The number of rotatable bonds is 3. The molecule has 7 nitrogen and oxygen atoms in total. The Kier molecular flexibility index (Phi) is 7.54. The standard InChI is InChI=1S/C19H26BrFN4O3/c1-19(2,3)28-18(27)25-9-4-5-12(8-10-25)16(26)17(24-22)23-13-6-7-15(21)14(20)11-13/h6-7,11-12H,4-5,8-10,22H2,1-3H3,(H,23,24). The predicted molar refractivity (Wildman–Crippen MR) is 109 cm³/mol. The third-order valence-electron chi connectivity index (χ3n) is 4.26. The van der Waals surface area contributed by atoms with E-state index in [1.54, 1.807) is 4.90 Å². The van der Waals surface area contributed by atoms with Gasteiger partial charge < -0.3 is 15.1 Å². The molecule has 1 fully saturated rings. The molecular weight excluding hydrogens is 431 g/mol. The molecule has 1 saturated heterocycles. The first-order valence-corrected chi connectivity index (χ1v) is 9.92. The molecule has 1 aromatic rings. The molecule has 1 amide bonds. The highest BCUT2D eigenvalue weighted by molar-refractivity contribution is 9.10. The SMILES string of the molecule is CC(C)(C)OC(=O)N1CCCC(C(=O)C(=Nc2ccc(F)c(Br)c2)NN)CC1. The number of carbonyl (C=O) groups excluding carboxylic acids is 2. The van der Waals surface area contributed by atoms with Gasteiger partial charge in [0.05, 0.1) is 10.2 Å². The zero-order valence-corrected chi connectivity index (χ0v) is 17.9. The van der Waals surface area contributed by atoms with Gasteiger partial charge in [-0.15, -0.1) is 0 Å². The van der Waals surface area contributed by atoms with Crippen LogP contribution >= 0.6 is 15.9 Å². The van der Waals surface area contributed by atoms with Crippen LogP contribution in [0.1, 0.15) is 40.0 Å². The second-order valence-electron chi connectivity index (χ2n) is 7.66. The monoisotopic (exact) mass is 456 g/mol. The highest BCUT2D eigenvalue weighted by Gasteiger charge is 2.29. The molecule has 28 heavy (non-hydrogen) atoms. The Morgan fingerprint density at radius 1 is 1.32 bits per heavy atom. The van der Waals surface area contributed by atoms with Gasteiger partial charge in [0.15, 0.2) is 5.84 Å². The molecule has 154 valence electrons. The third kappa shape index (κ3) is 6.27. The Hall–Kier alpha value is -2.00. The first-order valence-electron chi connectivity index (χ1n) is 9.13. The van der Waals surface area contributed by atoms with Crippen molar-refractivity contribution < 1.29 is 18.7 Å². The minimum Gasteiger partial charge on any atom is -0.444 e. The number of nitrogens with two attached hydrogens (primary N) is 1. The molecular formula is C19H26BrFN4O3. The molecule has 9 heteroatoms. The molecule has 2 rings (SSSR count).